The number of nitrogens with zero attached hydrogens (tertiary/aromatic N) is 2. The van der Waals surface area contributed by atoms with Gasteiger partial charge in [-0.3, -0.25) is 10.1 Å². The molecule has 1 saturated heterocycles. The summed E-state index contributed by atoms with van der Waals surface area (Å²) in [5, 5.41) is 7.23. The first-order chi connectivity index (χ1) is 10.0. The number of urea groups is 1. The third-order valence-corrected chi connectivity index (χ3v) is 2.96. The fourth-order valence-corrected chi connectivity index (χ4v) is 1.72. The molecule has 1 aliphatic rings. The summed E-state index contributed by atoms with van der Waals surface area (Å²) in [4.78, 5) is 22.3. The maximum atomic E-state index is 11.3. The van der Waals surface area contributed by atoms with Gasteiger partial charge in [0.05, 0.1) is 12.8 Å². The highest BCUT2D eigenvalue weighted by atomic mass is 16.5. The van der Waals surface area contributed by atoms with E-state index in [4.69, 9.17) is 4.74 Å². The minimum absolute atomic E-state index is 0.0360. The van der Waals surface area contributed by atoms with Crippen LogP contribution in [0.3, 0.4) is 0 Å². The van der Waals surface area contributed by atoms with Gasteiger partial charge in [-0.15, -0.1) is 0 Å². The molecule has 0 atom stereocenters. The highest BCUT2D eigenvalue weighted by Crippen LogP contribution is 2.12. The summed E-state index contributed by atoms with van der Waals surface area (Å²) in [5.41, 5.74) is 0.832. The number of hydrazone groups is 1. The monoisotopic (exact) mass is 289 g/mol. The Morgan fingerprint density at radius 1 is 1.33 bits per heavy atom. The second-order valence-corrected chi connectivity index (χ2v) is 5.26. The van der Waals surface area contributed by atoms with Crippen LogP contribution in [0.1, 0.15) is 25.8 Å². The minimum Gasteiger partial charge on any atom is -0.494 e. The van der Waals surface area contributed by atoms with Crippen LogP contribution >= 0.6 is 0 Å². The van der Waals surface area contributed by atoms with Gasteiger partial charge < -0.3 is 4.74 Å². The minimum atomic E-state index is -0.495. The zero-order valence-electron chi connectivity index (χ0n) is 12.2. The number of rotatable bonds is 6. The lowest BCUT2D eigenvalue weighted by Crippen LogP contribution is -2.24. The maximum Gasteiger partial charge on any atom is 0.344 e. The third-order valence-electron chi connectivity index (χ3n) is 2.96. The molecular formula is C15H19N3O3. The first-order valence-electron chi connectivity index (χ1n) is 6.93. The second kappa shape index (κ2) is 6.88. The Hall–Kier alpha value is -2.37. The van der Waals surface area contributed by atoms with Gasteiger partial charge in [0.1, 0.15) is 12.3 Å². The van der Waals surface area contributed by atoms with Crippen LogP contribution in [-0.4, -0.2) is 36.3 Å². The number of hydrogen-bond donors (Lipinski definition) is 1. The number of benzene rings is 1. The molecule has 6 heteroatoms. The predicted octanol–water partition coefficient (Wildman–Crippen LogP) is 2.00. The summed E-state index contributed by atoms with van der Waals surface area (Å²) in [6, 6.07) is 6.92. The van der Waals surface area contributed by atoms with Crippen LogP contribution in [0, 0.1) is 5.92 Å². The highest BCUT2D eigenvalue weighted by molar-refractivity contribution is 6.02. The molecular weight excluding hydrogens is 270 g/mol. The molecule has 1 fully saturated rings. The fourth-order valence-electron chi connectivity index (χ4n) is 1.72. The molecule has 21 heavy (non-hydrogen) atoms. The molecule has 3 amide bonds. The van der Waals surface area contributed by atoms with Crippen molar-refractivity contribution in [3.8, 4) is 5.75 Å². The van der Waals surface area contributed by atoms with Crippen molar-refractivity contribution < 1.29 is 14.3 Å². The second-order valence-electron chi connectivity index (χ2n) is 5.26. The number of imide groups is 1. The SMILES string of the molecule is CC(C)CCOc1ccc(C=NN2CC(=O)NC2=O)cc1. The van der Waals surface area contributed by atoms with Crippen molar-refractivity contribution in [3.63, 3.8) is 0 Å². The van der Waals surface area contributed by atoms with Gasteiger partial charge in [-0.2, -0.15) is 5.10 Å². The van der Waals surface area contributed by atoms with E-state index in [0.29, 0.717) is 12.5 Å². The summed E-state index contributed by atoms with van der Waals surface area (Å²) in [6.07, 6.45) is 2.55. The fraction of sp³-hybridized carbons (Fsp3) is 0.400. The molecule has 2 rings (SSSR count). The molecule has 1 aromatic rings. The lowest BCUT2D eigenvalue weighted by molar-refractivity contribution is -0.118. The predicted molar refractivity (Wildman–Crippen MR) is 79.2 cm³/mol. The Morgan fingerprint density at radius 3 is 2.62 bits per heavy atom. The summed E-state index contributed by atoms with van der Waals surface area (Å²) in [5.74, 6) is 1.08. The van der Waals surface area contributed by atoms with Crippen molar-refractivity contribution in [1.82, 2.24) is 10.3 Å². The average molecular weight is 289 g/mol. The molecule has 0 bridgehead atoms. The molecule has 0 saturated carbocycles. The largest absolute Gasteiger partial charge is 0.494 e. The number of hydrogen-bond acceptors (Lipinski definition) is 4. The molecule has 112 valence electrons. The van der Waals surface area contributed by atoms with E-state index in [2.05, 4.69) is 24.3 Å². The van der Waals surface area contributed by atoms with E-state index >= 15 is 0 Å². The van der Waals surface area contributed by atoms with E-state index in [9.17, 15) is 9.59 Å². The number of carbonyl (C=O) groups is 2. The summed E-state index contributed by atoms with van der Waals surface area (Å²) in [7, 11) is 0. The maximum absolute atomic E-state index is 11.3. The van der Waals surface area contributed by atoms with E-state index in [0.717, 1.165) is 22.7 Å². The van der Waals surface area contributed by atoms with Gasteiger partial charge in [-0.1, -0.05) is 13.8 Å². The van der Waals surface area contributed by atoms with Crippen LogP contribution in [0.25, 0.3) is 0 Å². The van der Waals surface area contributed by atoms with Gasteiger partial charge >= 0.3 is 6.03 Å². The van der Waals surface area contributed by atoms with Crippen LogP contribution < -0.4 is 10.1 Å². The number of amides is 3. The Morgan fingerprint density at radius 2 is 2.05 bits per heavy atom. The smallest absolute Gasteiger partial charge is 0.344 e. The Bertz CT molecular complexity index is 538. The van der Waals surface area contributed by atoms with E-state index < -0.39 is 6.03 Å². The molecule has 1 N–H and O–H groups in total. The first kappa shape index (κ1) is 15.0. The van der Waals surface area contributed by atoms with Gasteiger partial charge in [0, 0.05) is 0 Å². The first-order valence-corrected chi connectivity index (χ1v) is 6.93. The molecule has 0 aromatic heterocycles. The van der Waals surface area contributed by atoms with Crippen molar-refractivity contribution in [1.29, 1.82) is 0 Å². The van der Waals surface area contributed by atoms with Gasteiger partial charge in [0.15, 0.2) is 0 Å². The Balaban J connectivity index is 1.87. The molecule has 0 radical (unpaired) electrons. The van der Waals surface area contributed by atoms with Crippen LogP contribution in [-0.2, 0) is 4.79 Å². The van der Waals surface area contributed by atoms with Crippen molar-refractivity contribution in [3.05, 3.63) is 29.8 Å². The van der Waals surface area contributed by atoms with Crippen molar-refractivity contribution in [2.75, 3.05) is 13.2 Å². The Labute approximate surface area is 123 Å². The van der Waals surface area contributed by atoms with E-state index in [1.165, 1.54) is 6.21 Å². The van der Waals surface area contributed by atoms with Gasteiger partial charge in [-0.05, 0) is 42.2 Å². The topological polar surface area (TPSA) is 71.0 Å². The molecule has 1 aromatic carbocycles. The Kier molecular flexibility index (Phi) is 4.92. The molecule has 6 nitrogen and oxygen atoms in total. The average Bonchev–Trinajstić information content (AvgIpc) is 2.76. The van der Waals surface area contributed by atoms with Crippen LogP contribution in [0.4, 0.5) is 4.79 Å². The number of nitrogens with one attached hydrogen (secondary N) is 1. The standard InChI is InChI=1S/C15H19N3O3/c1-11(2)7-8-21-13-5-3-12(4-6-13)9-16-18-10-14(19)17-15(18)20/h3-6,9,11H,7-8,10H2,1-2H3,(H,17,19,20). The normalized spacial score (nSPS) is 15.1. The molecule has 0 unspecified atom stereocenters. The quantitative estimate of drug-likeness (QED) is 0.643. The highest BCUT2D eigenvalue weighted by Gasteiger charge is 2.25. The van der Waals surface area contributed by atoms with Crippen molar-refractivity contribution in [2.45, 2.75) is 20.3 Å². The third kappa shape index (κ3) is 4.59. The lowest BCUT2D eigenvalue weighted by atomic mass is 10.1. The molecule has 0 spiro atoms. The van der Waals surface area contributed by atoms with Crippen molar-refractivity contribution >= 4 is 18.2 Å². The van der Waals surface area contributed by atoms with Gasteiger partial charge in [0.25, 0.3) is 0 Å². The van der Waals surface area contributed by atoms with Crippen LogP contribution in [0.15, 0.2) is 29.4 Å². The lowest BCUT2D eigenvalue weighted by Gasteiger charge is -2.08. The van der Waals surface area contributed by atoms with E-state index in [1.54, 1.807) is 0 Å². The summed E-state index contributed by atoms with van der Waals surface area (Å²) >= 11 is 0. The number of carbonyl (C=O) groups excluding carboxylic acids is 2. The van der Waals surface area contributed by atoms with E-state index in [-0.39, 0.29) is 12.5 Å². The van der Waals surface area contributed by atoms with Crippen LogP contribution in [0.5, 0.6) is 5.75 Å². The van der Waals surface area contributed by atoms with Gasteiger partial charge in [0.2, 0.25) is 5.91 Å². The molecule has 1 heterocycles. The van der Waals surface area contributed by atoms with Crippen molar-refractivity contribution in [2.24, 2.45) is 11.0 Å². The van der Waals surface area contributed by atoms with Gasteiger partial charge in [-0.25, -0.2) is 9.80 Å². The molecule has 1 aliphatic heterocycles. The zero-order valence-corrected chi connectivity index (χ0v) is 12.2. The van der Waals surface area contributed by atoms with E-state index in [1.807, 2.05) is 24.3 Å². The molecule has 0 aliphatic carbocycles. The summed E-state index contributed by atoms with van der Waals surface area (Å²) < 4.78 is 5.62. The summed E-state index contributed by atoms with van der Waals surface area (Å²) in [6.45, 7) is 4.97. The zero-order chi connectivity index (χ0) is 15.2. The van der Waals surface area contributed by atoms with Crippen LogP contribution in [0.2, 0.25) is 0 Å². The number of ether oxygens (including phenoxy) is 1.